The zero-order valence-electron chi connectivity index (χ0n) is 14.7. The van der Waals surface area contributed by atoms with Crippen LogP contribution in [0.25, 0.3) is 10.2 Å². The van der Waals surface area contributed by atoms with Crippen LogP contribution in [0.1, 0.15) is 33.6 Å². The van der Waals surface area contributed by atoms with Crippen LogP contribution in [-0.4, -0.2) is 38.6 Å². The van der Waals surface area contributed by atoms with Crippen molar-refractivity contribution in [3.63, 3.8) is 0 Å². The van der Waals surface area contributed by atoms with E-state index in [9.17, 15) is 14.4 Å². The molecule has 6 nitrogen and oxygen atoms in total. The highest BCUT2D eigenvalue weighted by atomic mass is 32.2. The number of thiophene rings is 1. The summed E-state index contributed by atoms with van der Waals surface area (Å²) in [4.78, 5) is 42.8. The van der Waals surface area contributed by atoms with E-state index < -0.39 is 0 Å². The van der Waals surface area contributed by atoms with E-state index >= 15 is 0 Å². The lowest BCUT2D eigenvalue weighted by Crippen LogP contribution is -2.30. The van der Waals surface area contributed by atoms with Gasteiger partial charge in [0.25, 0.3) is 17.4 Å². The largest absolute Gasteiger partial charge is 0.290 e. The van der Waals surface area contributed by atoms with Crippen molar-refractivity contribution in [2.24, 2.45) is 7.05 Å². The summed E-state index contributed by atoms with van der Waals surface area (Å²) in [6, 6.07) is 8.78. The van der Waals surface area contributed by atoms with Crippen LogP contribution < -0.4 is 5.56 Å². The summed E-state index contributed by atoms with van der Waals surface area (Å²) in [6.07, 6.45) is 1.53. The highest BCUT2D eigenvalue weighted by molar-refractivity contribution is 7.99. The van der Waals surface area contributed by atoms with Gasteiger partial charge in [0.15, 0.2) is 5.16 Å². The van der Waals surface area contributed by atoms with Gasteiger partial charge in [0.2, 0.25) is 0 Å². The molecule has 0 aliphatic carbocycles. The van der Waals surface area contributed by atoms with Crippen molar-refractivity contribution >= 4 is 45.1 Å². The fourth-order valence-corrected chi connectivity index (χ4v) is 4.85. The second kappa shape index (κ2) is 7.28. The van der Waals surface area contributed by atoms with Gasteiger partial charge >= 0.3 is 0 Å². The van der Waals surface area contributed by atoms with Crippen LogP contribution in [0.4, 0.5) is 0 Å². The van der Waals surface area contributed by atoms with E-state index in [0.29, 0.717) is 33.9 Å². The molecule has 0 bridgehead atoms. The monoisotopic (exact) mass is 399 g/mol. The Bertz CT molecular complexity index is 1070. The molecule has 0 atom stereocenters. The fraction of sp³-hybridized carbons (Fsp3) is 0.263. The van der Waals surface area contributed by atoms with E-state index in [1.54, 1.807) is 35.9 Å². The molecule has 27 heavy (non-hydrogen) atoms. The molecular weight excluding hydrogens is 382 g/mol. The van der Waals surface area contributed by atoms with Crippen molar-refractivity contribution in [3.05, 3.63) is 57.2 Å². The highest BCUT2D eigenvalue weighted by Gasteiger charge is 2.34. The van der Waals surface area contributed by atoms with Crippen LogP contribution in [0.2, 0.25) is 0 Å². The van der Waals surface area contributed by atoms with Crippen LogP contribution in [0, 0.1) is 0 Å². The topological polar surface area (TPSA) is 72.3 Å². The van der Waals surface area contributed by atoms with Crippen molar-refractivity contribution < 1.29 is 9.59 Å². The minimum atomic E-state index is -0.213. The van der Waals surface area contributed by atoms with Gasteiger partial charge in [-0.25, -0.2) is 4.98 Å². The van der Waals surface area contributed by atoms with E-state index in [0.717, 1.165) is 17.7 Å². The summed E-state index contributed by atoms with van der Waals surface area (Å²) in [5, 5.41) is 2.56. The first-order chi connectivity index (χ1) is 13.1. The summed E-state index contributed by atoms with van der Waals surface area (Å²) in [6.45, 7) is 0.406. The summed E-state index contributed by atoms with van der Waals surface area (Å²) in [5.74, 6) is 0.337. The molecule has 0 saturated carbocycles. The number of rotatable bonds is 6. The average Bonchev–Trinajstić information content (AvgIpc) is 3.24. The summed E-state index contributed by atoms with van der Waals surface area (Å²) in [5.41, 5.74) is 1.68. The third-order valence-electron chi connectivity index (χ3n) is 4.53. The third-order valence-corrected chi connectivity index (χ3v) is 6.54. The molecule has 3 aromatic rings. The first-order valence-corrected chi connectivity index (χ1v) is 10.5. The fourth-order valence-electron chi connectivity index (χ4n) is 3.07. The molecule has 0 unspecified atom stereocenters. The molecular formula is C19H17N3O3S2. The van der Waals surface area contributed by atoms with Crippen LogP contribution in [0.3, 0.4) is 0 Å². The van der Waals surface area contributed by atoms with Gasteiger partial charge in [-0.15, -0.1) is 11.3 Å². The normalized spacial score (nSPS) is 13.6. The molecule has 4 rings (SSSR count). The van der Waals surface area contributed by atoms with Crippen LogP contribution in [-0.2, 0) is 7.05 Å². The van der Waals surface area contributed by atoms with E-state index in [2.05, 4.69) is 4.98 Å². The Morgan fingerprint density at radius 2 is 1.74 bits per heavy atom. The van der Waals surface area contributed by atoms with Crippen molar-refractivity contribution in [2.45, 2.75) is 18.0 Å². The molecule has 1 aliphatic rings. The number of aromatic nitrogens is 2. The average molecular weight is 399 g/mol. The highest BCUT2D eigenvalue weighted by Crippen LogP contribution is 2.24. The zero-order valence-corrected chi connectivity index (χ0v) is 16.3. The molecule has 1 aromatic carbocycles. The number of amides is 2. The second-order valence-electron chi connectivity index (χ2n) is 6.26. The predicted octanol–water partition coefficient (Wildman–Crippen LogP) is 3.16. The van der Waals surface area contributed by atoms with Gasteiger partial charge < -0.3 is 0 Å². The molecule has 1 aliphatic heterocycles. The van der Waals surface area contributed by atoms with Gasteiger partial charge in [0, 0.05) is 19.3 Å². The summed E-state index contributed by atoms with van der Waals surface area (Å²) >= 11 is 2.92. The lowest BCUT2D eigenvalue weighted by molar-refractivity contribution is 0.0652. The lowest BCUT2D eigenvalue weighted by atomic mass is 10.1. The maximum Gasteiger partial charge on any atom is 0.271 e. The quantitative estimate of drug-likeness (QED) is 0.276. The zero-order chi connectivity index (χ0) is 19.0. The number of benzene rings is 1. The van der Waals surface area contributed by atoms with Crippen molar-refractivity contribution in [3.8, 4) is 0 Å². The van der Waals surface area contributed by atoms with E-state index in [1.165, 1.54) is 28.0 Å². The van der Waals surface area contributed by atoms with Crippen LogP contribution >= 0.6 is 23.1 Å². The molecule has 0 saturated heterocycles. The molecule has 8 heteroatoms. The van der Waals surface area contributed by atoms with Gasteiger partial charge in [-0.3, -0.25) is 23.9 Å². The number of hydrogen-bond donors (Lipinski definition) is 0. The van der Waals surface area contributed by atoms with Crippen molar-refractivity contribution in [2.75, 3.05) is 12.3 Å². The number of nitrogens with zero attached hydrogens (tertiary/aromatic N) is 3. The summed E-state index contributed by atoms with van der Waals surface area (Å²) in [7, 11) is 1.73. The Labute approximate surface area is 163 Å². The molecule has 0 N–H and O–H groups in total. The van der Waals surface area contributed by atoms with E-state index in [4.69, 9.17) is 0 Å². The molecule has 2 aromatic heterocycles. The summed E-state index contributed by atoms with van der Waals surface area (Å²) < 4.78 is 2.25. The molecule has 0 spiro atoms. The number of carbonyl (C=O) groups excluding carboxylic acids is 2. The number of hydrogen-bond acceptors (Lipinski definition) is 6. The Hall–Kier alpha value is -2.45. The minimum Gasteiger partial charge on any atom is -0.290 e. The van der Waals surface area contributed by atoms with Gasteiger partial charge in [-0.05, 0) is 36.4 Å². The number of fused-ring (bicyclic) bond motifs is 2. The molecule has 2 amide bonds. The van der Waals surface area contributed by atoms with Crippen LogP contribution in [0.15, 0.2) is 45.7 Å². The molecule has 138 valence electrons. The number of thioether (sulfide) groups is 1. The van der Waals surface area contributed by atoms with Gasteiger partial charge in [-0.2, -0.15) is 0 Å². The van der Waals surface area contributed by atoms with Gasteiger partial charge in [-0.1, -0.05) is 23.9 Å². The minimum absolute atomic E-state index is 0.0245. The Morgan fingerprint density at radius 1 is 1.04 bits per heavy atom. The maximum atomic E-state index is 12.3. The number of unbranched alkanes of at least 4 members (excludes halogenated alkanes) is 1. The first-order valence-electron chi connectivity index (χ1n) is 8.60. The van der Waals surface area contributed by atoms with Gasteiger partial charge in [0.1, 0.15) is 4.70 Å². The van der Waals surface area contributed by atoms with Gasteiger partial charge in [0.05, 0.1) is 16.6 Å². The van der Waals surface area contributed by atoms with Crippen LogP contribution in [0.5, 0.6) is 0 Å². The Balaban J connectivity index is 1.33. The van der Waals surface area contributed by atoms with Crippen molar-refractivity contribution in [1.29, 1.82) is 0 Å². The Kier molecular flexibility index (Phi) is 4.84. The third kappa shape index (κ3) is 3.19. The first kappa shape index (κ1) is 17.9. The number of carbonyl (C=O) groups is 2. The smallest absolute Gasteiger partial charge is 0.271 e. The van der Waals surface area contributed by atoms with Crippen molar-refractivity contribution in [1.82, 2.24) is 14.5 Å². The SMILES string of the molecule is Cn1c(SCCCCN2C(=O)c3ccccc3C2=O)nc2ccsc2c1=O. The second-order valence-corrected chi connectivity index (χ2v) is 8.23. The standard InChI is InChI=1S/C19H17N3O3S2/c1-21-18(25)15-14(8-11-26-15)20-19(21)27-10-5-4-9-22-16(23)12-6-2-3-7-13(12)17(22)24/h2-3,6-8,11H,4-5,9-10H2,1H3. The van der Waals surface area contributed by atoms with E-state index in [-0.39, 0.29) is 17.4 Å². The molecule has 0 radical (unpaired) electrons. The predicted molar refractivity (Wildman–Crippen MR) is 107 cm³/mol. The molecule has 0 fully saturated rings. The maximum absolute atomic E-state index is 12.3. The van der Waals surface area contributed by atoms with E-state index in [1.807, 2.05) is 11.4 Å². The molecule has 3 heterocycles. The lowest BCUT2D eigenvalue weighted by Gasteiger charge is -2.13. The number of imide groups is 1. The Morgan fingerprint density at radius 3 is 2.44 bits per heavy atom.